The van der Waals surface area contributed by atoms with Gasteiger partial charge in [0.25, 0.3) is 0 Å². The van der Waals surface area contributed by atoms with Crippen molar-refractivity contribution in [3.8, 4) is 0 Å². The lowest BCUT2D eigenvalue weighted by Crippen LogP contribution is -2.31. The van der Waals surface area contributed by atoms with Crippen LogP contribution in [0.2, 0.25) is 0 Å². The first-order chi connectivity index (χ1) is 9.54. The lowest BCUT2D eigenvalue weighted by atomic mass is 10.2. The molecule has 0 aliphatic rings. The van der Waals surface area contributed by atoms with E-state index in [1.807, 2.05) is 24.1 Å². The summed E-state index contributed by atoms with van der Waals surface area (Å²) < 4.78 is 4.98. The second-order valence-electron chi connectivity index (χ2n) is 4.54. The van der Waals surface area contributed by atoms with E-state index in [9.17, 15) is 4.79 Å². The summed E-state index contributed by atoms with van der Waals surface area (Å²) in [5, 5.41) is 2.83. The number of benzene rings is 1. The van der Waals surface area contributed by atoms with Crippen LogP contribution in [-0.2, 0) is 9.53 Å². The normalized spacial score (nSPS) is 10.6. The van der Waals surface area contributed by atoms with Crippen LogP contribution in [0, 0.1) is 0 Å². The van der Waals surface area contributed by atoms with Crippen molar-refractivity contribution in [3.05, 3.63) is 29.8 Å². The minimum Gasteiger partial charge on any atom is -0.389 e. The van der Waals surface area contributed by atoms with Crippen LogP contribution in [0.4, 0.5) is 5.69 Å². The number of anilines is 1. The van der Waals surface area contributed by atoms with Gasteiger partial charge < -0.3 is 15.8 Å². The topological polar surface area (TPSA) is 67.6 Å². The molecule has 5 nitrogen and oxygen atoms in total. The molecule has 6 heteroatoms. The SMILES string of the molecule is COCCCN(C)CC(=O)Nc1ccccc1C(N)=S. The first-order valence-electron chi connectivity index (χ1n) is 6.40. The number of hydrogen-bond donors (Lipinski definition) is 2. The largest absolute Gasteiger partial charge is 0.389 e. The van der Waals surface area contributed by atoms with Gasteiger partial charge in [0.2, 0.25) is 5.91 Å². The van der Waals surface area contributed by atoms with Crippen molar-refractivity contribution >= 4 is 28.8 Å². The number of nitrogens with one attached hydrogen (secondary N) is 1. The third kappa shape index (κ3) is 5.64. The molecular formula is C14H21N3O2S. The van der Waals surface area contributed by atoms with Crippen LogP contribution in [0.5, 0.6) is 0 Å². The summed E-state index contributed by atoms with van der Waals surface area (Å²) in [6.45, 7) is 1.81. The van der Waals surface area contributed by atoms with E-state index in [0.29, 0.717) is 24.4 Å². The molecule has 0 unspecified atom stereocenters. The molecular weight excluding hydrogens is 274 g/mol. The third-order valence-electron chi connectivity index (χ3n) is 2.77. The van der Waals surface area contributed by atoms with E-state index in [4.69, 9.17) is 22.7 Å². The number of rotatable bonds is 8. The molecule has 0 atom stereocenters. The van der Waals surface area contributed by atoms with Crippen LogP contribution in [0.1, 0.15) is 12.0 Å². The van der Waals surface area contributed by atoms with Gasteiger partial charge in [-0.2, -0.15) is 0 Å². The van der Waals surface area contributed by atoms with Gasteiger partial charge in [-0.25, -0.2) is 0 Å². The van der Waals surface area contributed by atoms with Crippen molar-refractivity contribution in [2.24, 2.45) is 5.73 Å². The highest BCUT2D eigenvalue weighted by Crippen LogP contribution is 2.14. The van der Waals surface area contributed by atoms with E-state index in [2.05, 4.69) is 5.32 Å². The summed E-state index contributed by atoms with van der Waals surface area (Å²) >= 11 is 4.96. The Balaban J connectivity index is 2.52. The minimum absolute atomic E-state index is 0.0892. The predicted molar refractivity (Wildman–Crippen MR) is 84.9 cm³/mol. The molecule has 110 valence electrons. The van der Waals surface area contributed by atoms with Crippen molar-refractivity contribution in [1.82, 2.24) is 4.90 Å². The molecule has 0 heterocycles. The molecule has 0 aromatic heterocycles. The summed E-state index contributed by atoms with van der Waals surface area (Å²) in [4.78, 5) is 14.2. The Hall–Kier alpha value is -1.50. The second kappa shape index (κ2) is 8.63. The standard InChI is InChI=1S/C14H21N3O2S/c1-17(8-5-9-19-2)10-13(18)16-12-7-4-3-6-11(12)14(15)20/h3-4,6-7H,5,8-10H2,1-2H3,(H2,15,20)(H,16,18). The Morgan fingerprint density at radius 1 is 1.45 bits per heavy atom. The van der Waals surface area contributed by atoms with Gasteiger partial charge in [-0.1, -0.05) is 24.4 Å². The average molecular weight is 295 g/mol. The number of methoxy groups -OCH3 is 1. The Labute approximate surface area is 125 Å². The minimum atomic E-state index is -0.0892. The molecule has 0 bridgehead atoms. The fourth-order valence-corrected chi connectivity index (χ4v) is 1.98. The summed E-state index contributed by atoms with van der Waals surface area (Å²) in [6.07, 6.45) is 0.893. The molecule has 3 N–H and O–H groups in total. The second-order valence-corrected chi connectivity index (χ2v) is 4.98. The number of likely N-dealkylation sites (N-methyl/N-ethyl adjacent to an activating group) is 1. The quantitative estimate of drug-likeness (QED) is 0.558. The summed E-state index contributed by atoms with van der Waals surface area (Å²) in [6, 6.07) is 7.25. The van der Waals surface area contributed by atoms with Crippen LogP contribution in [0.25, 0.3) is 0 Å². The monoisotopic (exact) mass is 295 g/mol. The molecule has 0 radical (unpaired) electrons. The van der Waals surface area contributed by atoms with Gasteiger partial charge in [0.15, 0.2) is 0 Å². The van der Waals surface area contributed by atoms with Crippen molar-refractivity contribution in [2.75, 3.05) is 39.2 Å². The van der Waals surface area contributed by atoms with Crippen LogP contribution < -0.4 is 11.1 Å². The lowest BCUT2D eigenvalue weighted by Gasteiger charge is -2.16. The Morgan fingerprint density at radius 3 is 2.80 bits per heavy atom. The fraction of sp³-hybridized carbons (Fsp3) is 0.429. The molecule has 1 rings (SSSR count). The maximum absolute atomic E-state index is 12.0. The van der Waals surface area contributed by atoms with Crippen molar-refractivity contribution < 1.29 is 9.53 Å². The number of para-hydroxylation sites is 1. The van der Waals surface area contributed by atoms with Gasteiger partial charge in [-0.15, -0.1) is 0 Å². The first-order valence-corrected chi connectivity index (χ1v) is 6.81. The lowest BCUT2D eigenvalue weighted by molar-refractivity contribution is -0.117. The molecule has 1 aromatic carbocycles. The number of nitrogens with zero attached hydrogens (tertiary/aromatic N) is 1. The number of ether oxygens (including phenoxy) is 1. The van der Waals surface area contributed by atoms with Gasteiger partial charge in [0.05, 0.1) is 12.2 Å². The van der Waals surface area contributed by atoms with E-state index in [0.717, 1.165) is 13.0 Å². The Morgan fingerprint density at radius 2 is 2.15 bits per heavy atom. The predicted octanol–water partition coefficient (Wildman–Crippen LogP) is 1.23. The summed E-state index contributed by atoms with van der Waals surface area (Å²) in [7, 11) is 3.56. The average Bonchev–Trinajstić information content (AvgIpc) is 2.39. The zero-order valence-corrected chi connectivity index (χ0v) is 12.7. The molecule has 0 saturated carbocycles. The van der Waals surface area contributed by atoms with Gasteiger partial charge in [-0.05, 0) is 25.6 Å². The zero-order chi connectivity index (χ0) is 15.0. The van der Waals surface area contributed by atoms with E-state index in [1.165, 1.54) is 0 Å². The van der Waals surface area contributed by atoms with Crippen molar-refractivity contribution in [3.63, 3.8) is 0 Å². The molecule has 1 aromatic rings. The van der Waals surface area contributed by atoms with Gasteiger partial charge in [0, 0.05) is 25.8 Å². The number of carbonyl (C=O) groups is 1. The molecule has 0 aliphatic carbocycles. The summed E-state index contributed by atoms with van der Waals surface area (Å²) in [5.74, 6) is -0.0892. The van der Waals surface area contributed by atoms with Crippen LogP contribution in [0.15, 0.2) is 24.3 Å². The number of hydrogen-bond acceptors (Lipinski definition) is 4. The number of carbonyl (C=O) groups excluding carboxylic acids is 1. The smallest absolute Gasteiger partial charge is 0.238 e. The van der Waals surface area contributed by atoms with Crippen molar-refractivity contribution in [2.45, 2.75) is 6.42 Å². The molecule has 1 amide bonds. The molecule has 0 fully saturated rings. The van der Waals surface area contributed by atoms with Crippen molar-refractivity contribution in [1.29, 1.82) is 0 Å². The van der Waals surface area contributed by atoms with Gasteiger partial charge >= 0.3 is 0 Å². The number of amides is 1. The third-order valence-corrected chi connectivity index (χ3v) is 2.99. The molecule has 0 saturated heterocycles. The summed E-state index contributed by atoms with van der Waals surface area (Å²) in [5.41, 5.74) is 6.96. The van der Waals surface area contributed by atoms with E-state index in [1.54, 1.807) is 19.2 Å². The van der Waals surface area contributed by atoms with E-state index >= 15 is 0 Å². The number of thiocarbonyl (C=S) groups is 1. The highest BCUT2D eigenvalue weighted by atomic mass is 32.1. The van der Waals surface area contributed by atoms with Gasteiger partial charge in [0.1, 0.15) is 4.99 Å². The maximum Gasteiger partial charge on any atom is 0.238 e. The van der Waals surface area contributed by atoms with Crippen LogP contribution in [0.3, 0.4) is 0 Å². The zero-order valence-electron chi connectivity index (χ0n) is 11.9. The molecule has 0 spiro atoms. The molecule has 20 heavy (non-hydrogen) atoms. The van der Waals surface area contributed by atoms with Crippen LogP contribution in [-0.4, -0.2) is 49.6 Å². The molecule has 0 aliphatic heterocycles. The van der Waals surface area contributed by atoms with Crippen LogP contribution >= 0.6 is 12.2 Å². The maximum atomic E-state index is 12.0. The van der Waals surface area contributed by atoms with E-state index in [-0.39, 0.29) is 10.9 Å². The Kier molecular flexibility index (Phi) is 7.14. The first kappa shape index (κ1) is 16.6. The van der Waals surface area contributed by atoms with Gasteiger partial charge in [-0.3, -0.25) is 9.69 Å². The highest BCUT2D eigenvalue weighted by molar-refractivity contribution is 7.80. The fourth-order valence-electron chi connectivity index (χ4n) is 1.80. The number of nitrogens with two attached hydrogens (primary N) is 1. The van der Waals surface area contributed by atoms with E-state index < -0.39 is 0 Å². The Bertz CT molecular complexity index is 465. The highest BCUT2D eigenvalue weighted by Gasteiger charge is 2.10.